The van der Waals surface area contributed by atoms with E-state index < -0.39 is 10.0 Å². The highest BCUT2D eigenvalue weighted by molar-refractivity contribution is 9.10. The van der Waals surface area contributed by atoms with Crippen molar-refractivity contribution < 1.29 is 12.9 Å². The molecule has 1 aliphatic rings. The molecule has 1 fully saturated rings. The van der Waals surface area contributed by atoms with Crippen molar-refractivity contribution in [3.8, 4) is 11.4 Å². The number of nitrogens with zero attached hydrogens (tertiary/aromatic N) is 4. The molecule has 0 N–H and O–H groups in total. The summed E-state index contributed by atoms with van der Waals surface area (Å²) in [4.78, 5) is 8.65. The van der Waals surface area contributed by atoms with Gasteiger partial charge in [-0.15, -0.1) is 0 Å². The molecule has 128 valence electrons. The van der Waals surface area contributed by atoms with E-state index in [0.717, 1.165) is 10.0 Å². The van der Waals surface area contributed by atoms with Gasteiger partial charge in [0, 0.05) is 35.5 Å². The molecule has 3 heterocycles. The second-order valence-corrected chi connectivity index (χ2v) is 8.52. The van der Waals surface area contributed by atoms with E-state index in [1.54, 1.807) is 42.7 Å². The molecule has 0 bridgehead atoms. The van der Waals surface area contributed by atoms with Crippen LogP contribution in [0.3, 0.4) is 0 Å². The Morgan fingerprint density at radius 3 is 2.60 bits per heavy atom. The molecule has 7 nitrogen and oxygen atoms in total. The average Bonchev–Trinajstić information content (AvgIpc) is 3.04. The van der Waals surface area contributed by atoms with Crippen LogP contribution in [0.25, 0.3) is 11.4 Å². The maximum Gasteiger partial charge on any atom is 0.243 e. The van der Waals surface area contributed by atoms with Crippen molar-refractivity contribution >= 4 is 26.0 Å². The highest BCUT2D eigenvalue weighted by Crippen LogP contribution is 2.32. The van der Waals surface area contributed by atoms with Gasteiger partial charge in [0.2, 0.25) is 21.7 Å². The Morgan fingerprint density at radius 1 is 1.16 bits per heavy atom. The van der Waals surface area contributed by atoms with Crippen molar-refractivity contribution in [2.45, 2.75) is 10.8 Å². The molecule has 2 aromatic heterocycles. The van der Waals surface area contributed by atoms with Gasteiger partial charge in [-0.25, -0.2) is 8.42 Å². The first-order valence-corrected chi connectivity index (χ1v) is 9.77. The second-order valence-electron chi connectivity index (χ2n) is 5.67. The molecule has 25 heavy (non-hydrogen) atoms. The second kappa shape index (κ2) is 6.32. The molecule has 9 heteroatoms. The van der Waals surface area contributed by atoms with Crippen molar-refractivity contribution in [1.29, 1.82) is 0 Å². The summed E-state index contributed by atoms with van der Waals surface area (Å²) in [7, 11) is -3.49. The van der Waals surface area contributed by atoms with E-state index in [-0.39, 0.29) is 10.8 Å². The number of sulfonamides is 1. The Labute approximate surface area is 152 Å². The van der Waals surface area contributed by atoms with Crippen molar-refractivity contribution in [1.82, 2.24) is 19.4 Å². The fraction of sp³-hybridized carbons (Fsp3) is 0.188. The van der Waals surface area contributed by atoms with Crippen molar-refractivity contribution in [3.63, 3.8) is 0 Å². The third-order valence-corrected chi connectivity index (χ3v) is 6.38. The molecule has 0 atom stereocenters. The first-order valence-electron chi connectivity index (χ1n) is 7.54. The van der Waals surface area contributed by atoms with Gasteiger partial charge in [-0.3, -0.25) is 4.98 Å². The van der Waals surface area contributed by atoms with Crippen LogP contribution >= 0.6 is 15.9 Å². The van der Waals surface area contributed by atoms with Gasteiger partial charge in [0.15, 0.2) is 0 Å². The summed E-state index contributed by atoms with van der Waals surface area (Å²) in [5.41, 5.74) is 0.760. The van der Waals surface area contributed by atoms with Crippen LogP contribution in [-0.4, -0.2) is 40.9 Å². The van der Waals surface area contributed by atoms with Crippen LogP contribution < -0.4 is 0 Å². The van der Waals surface area contributed by atoms with Gasteiger partial charge in [0.1, 0.15) is 0 Å². The van der Waals surface area contributed by atoms with Gasteiger partial charge < -0.3 is 4.52 Å². The average molecular weight is 421 g/mol. The van der Waals surface area contributed by atoms with E-state index in [9.17, 15) is 8.42 Å². The molecule has 0 aliphatic carbocycles. The molecule has 1 saturated heterocycles. The normalized spacial score (nSPS) is 15.9. The lowest BCUT2D eigenvalue weighted by Gasteiger charge is -2.35. The van der Waals surface area contributed by atoms with Crippen LogP contribution in [0.15, 0.2) is 62.7 Å². The minimum atomic E-state index is -3.49. The molecule has 1 aromatic carbocycles. The molecule has 0 radical (unpaired) electrons. The molecular formula is C16H13BrN4O3S. The summed E-state index contributed by atoms with van der Waals surface area (Å²) < 4.78 is 32.7. The molecule has 1 aliphatic heterocycles. The fourth-order valence-corrected chi connectivity index (χ4v) is 4.35. The summed E-state index contributed by atoms with van der Waals surface area (Å²) in [5, 5.41) is 3.95. The minimum Gasteiger partial charge on any atom is -0.339 e. The van der Waals surface area contributed by atoms with Crippen LogP contribution in [0.4, 0.5) is 0 Å². The van der Waals surface area contributed by atoms with E-state index in [4.69, 9.17) is 4.52 Å². The van der Waals surface area contributed by atoms with Gasteiger partial charge in [-0.05, 0) is 36.4 Å². The highest BCUT2D eigenvalue weighted by Gasteiger charge is 2.40. The van der Waals surface area contributed by atoms with Crippen LogP contribution in [0.5, 0.6) is 0 Å². The number of benzene rings is 1. The predicted molar refractivity (Wildman–Crippen MR) is 93.2 cm³/mol. The van der Waals surface area contributed by atoms with E-state index >= 15 is 0 Å². The monoisotopic (exact) mass is 420 g/mol. The largest absolute Gasteiger partial charge is 0.339 e. The number of pyridine rings is 1. The van der Waals surface area contributed by atoms with E-state index in [1.165, 1.54) is 4.31 Å². The van der Waals surface area contributed by atoms with Gasteiger partial charge in [-0.2, -0.15) is 9.29 Å². The Kier molecular flexibility index (Phi) is 4.14. The Hall–Kier alpha value is -2.10. The third kappa shape index (κ3) is 3.10. The third-order valence-electron chi connectivity index (χ3n) is 4.01. The van der Waals surface area contributed by atoms with Crippen LogP contribution in [0.2, 0.25) is 0 Å². The van der Waals surface area contributed by atoms with Crippen LogP contribution in [-0.2, 0) is 10.0 Å². The lowest BCUT2D eigenvalue weighted by Crippen LogP contribution is -2.48. The number of hydrogen-bond acceptors (Lipinski definition) is 6. The zero-order valence-corrected chi connectivity index (χ0v) is 15.3. The number of hydrogen-bond donors (Lipinski definition) is 0. The van der Waals surface area contributed by atoms with Gasteiger partial charge >= 0.3 is 0 Å². The zero-order valence-electron chi connectivity index (χ0n) is 12.9. The smallest absolute Gasteiger partial charge is 0.243 e. The number of aromatic nitrogens is 3. The maximum atomic E-state index is 12.6. The van der Waals surface area contributed by atoms with Crippen LogP contribution in [0, 0.1) is 0 Å². The number of rotatable bonds is 4. The molecule has 0 amide bonds. The molecule has 0 spiro atoms. The predicted octanol–water partition coefficient (Wildman–Crippen LogP) is 2.68. The van der Waals surface area contributed by atoms with Gasteiger partial charge in [0.25, 0.3) is 0 Å². The quantitative estimate of drug-likeness (QED) is 0.644. The first kappa shape index (κ1) is 16.4. The van der Waals surface area contributed by atoms with E-state index in [2.05, 4.69) is 31.1 Å². The van der Waals surface area contributed by atoms with Crippen molar-refractivity contribution in [3.05, 3.63) is 59.2 Å². The Bertz CT molecular complexity index is 984. The SMILES string of the molecule is O=S(=O)(c1ccc(Br)cc1)N1CC(c2nc(-c3cccnc3)no2)C1. The Balaban J connectivity index is 1.47. The van der Waals surface area contributed by atoms with Gasteiger partial charge in [-0.1, -0.05) is 21.1 Å². The zero-order chi connectivity index (χ0) is 17.4. The standard InChI is InChI=1S/C16H13BrN4O3S/c17-13-3-5-14(6-4-13)25(22,23)21-9-12(10-21)16-19-15(20-24-16)11-2-1-7-18-8-11/h1-8,12H,9-10H2. The van der Waals surface area contributed by atoms with Crippen LogP contribution in [0.1, 0.15) is 11.8 Å². The van der Waals surface area contributed by atoms with Crippen molar-refractivity contribution in [2.75, 3.05) is 13.1 Å². The molecule has 0 saturated carbocycles. The summed E-state index contributed by atoms with van der Waals surface area (Å²) in [6, 6.07) is 10.2. The molecular weight excluding hydrogens is 408 g/mol. The lowest BCUT2D eigenvalue weighted by molar-refractivity contribution is 0.217. The molecule has 4 rings (SSSR count). The fourth-order valence-electron chi connectivity index (χ4n) is 2.56. The summed E-state index contributed by atoms with van der Waals surface area (Å²) in [5.74, 6) is 0.807. The Morgan fingerprint density at radius 2 is 1.92 bits per heavy atom. The summed E-state index contributed by atoms with van der Waals surface area (Å²) in [6.45, 7) is 0.653. The van der Waals surface area contributed by atoms with E-state index in [0.29, 0.717) is 24.8 Å². The molecule has 0 unspecified atom stereocenters. The topological polar surface area (TPSA) is 89.2 Å². The summed E-state index contributed by atoms with van der Waals surface area (Å²) in [6.07, 6.45) is 3.32. The lowest BCUT2D eigenvalue weighted by atomic mass is 10.0. The van der Waals surface area contributed by atoms with Crippen molar-refractivity contribution in [2.24, 2.45) is 0 Å². The highest BCUT2D eigenvalue weighted by atomic mass is 79.9. The molecule has 3 aromatic rings. The van der Waals surface area contributed by atoms with Gasteiger partial charge in [0.05, 0.1) is 10.8 Å². The maximum absolute atomic E-state index is 12.6. The first-order chi connectivity index (χ1) is 12.0. The van der Waals surface area contributed by atoms with E-state index in [1.807, 2.05) is 6.07 Å². The minimum absolute atomic E-state index is 0.0943. The number of halogens is 1. The summed E-state index contributed by atoms with van der Waals surface area (Å²) >= 11 is 3.30.